The number of likely N-dealkylation sites (tertiary alicyclic amines) is 1. The van der Waals surface area contributed by atoms with Crippen LogP contribution in [0.25, 0.3) is 0 Å². The second-order valence-corrected chi connectivity index (χ2v) is 18.0. The summed E-state index contributed by atoms with van der Waals surface area (Å²) in [5.41, 5.74) is 1.66. The van der Waals surface area contributed by atoms with Gasteiger partial charge in [-0.15, -0.1) is 18.9 Å². The normalized spacial score (nSPS) is 23.9. The first kappa shape index (κ1) is 40.0. The number of amides is 5. The number of sulfonamides is 1. The highest BCUT2D eigenvalue weighted by molar-refractivity contribution is 7.89. The lowest BCUT2D eigenvalue weighted by molar-refractivity contribution is -0.144. The maximum absolute atomic E-state index is 14.9. The minimum Gasteiger partial charge on any atom is -0.346 e. The van der Waals surface area contributed by atoms with Crippen LogP contribution in [0, 0.1) is 35.5 Å². The SMILES string of the molecule is C#CCCC(NC(=O)[C@@H]1[C@H]2CCC[C@H]2CN1C(=O)[C@@H](NC(=O)N[C@H](CN1CCCS1(=O)=O)C(C)(C)C)C1Cc2ccccc2C1)C(=O)C(=O)NCC=C. The van der Waals surface area contributed by atoms with Crippen LogP contribution in [0.3, 0.4) is 0 Å². The number of Topliss-reactive ketones (excluding diaryl/α,β-unsaturated/α-hetero) is 1. The van der Waals surface area contributed by atoms with Crippen LogP contribution in [0.4, 0.5) is 4.79 Å². The van der Waals surface area contributed by atoms with Gasteiger partial charge in [0.15, 0.2) is 0 Å². The monoisotopic (exact) mass is 750 g/mol. The number of urea groups is 1. The van der Waals surface area contributed by atoms with Crippen molar-refractivity contribution in [3.05, 3.63) is 48.0 Å². The molecule has 2 aliphatic carbocycles. The molecule has 14 heteroatoms. The second-order valence-electron chi connectivity index (χ2n) is 15.9. The maximum Gasteiger partial charge on any atom is 0.315 e. The molecular formula is C39H54N6O7S. The third kappa shape index (κ3) is 9.30. The van der Waals surface area contributed by atoms with Crippen LogP contribution in [0.1, 0.15) is 70.4 Å². The number of benzene rings is 1. The number of fused-ring (bicyclic) bond motifs is 2. The summed E-state index contributed by atoms with van der Waals surface area (Å²) in [7, 11) is -3.41. The first-order valence-corrected chi connectivity index (χ1v) is 20.3. The fourth-order valence-electron chi connectivity index (χ4n) is 8.40. The molecular weight excluding hydrogens is 697 g/mol. The summed E-state index contributed by atoms with van der Waals surface area (Å²) in [6.45, 7) is 10.2. The van der Waals surface area contributed by atoms with Crippen molar-refractivity contribution in [3.8, 4) is 12.3 Å². The molecule has 4 N–H and O–H groups in total. The average molecular weight is 751 g/mol. The molecule has 13 nitrogen and oxygen atoms in total. The summed E-state index contributed by atoms with van der Waals surface area (Å²) in [4.78, 5) is 70.4. The van der Waals surface area contributed by atoms with Crippen molar-refractivity contribution in [2.24, 2.45) is 23.2 Å². The summed E-state index contributed by atoms with van der Waals surface area (Å²) in [5.74, 6) is -0.472. The Morgan fingerprint density at radius 2 is 1.74 bits per heavy atom. The van der Waals surface area contributed by atoms with Gasteiger partial charge in [0, 0.05) is 38.6 Å². The Bertz CT molecular complexity index is 1710. The first-order chi connectivity index (χ1) is 25.1. The highest BCUT2D eigenvalue weighted by Gasteiger charge is 2.52. The lowest BCUT2D eigenvalue weighted by atomic mass is 9.86. The molecule has 1 aromatic rings. The van der Waals surface area contributed by atoms with Crippen LogP contribution in [0.2, 0.25) is 0 Å². The van der Waals surface area contributed by atoms with E-state index in [2.05, 4.69) is 33.8 Å². The van der Waals surface area contributed by atoms with E-state index in [1.807, 2.05) is 45.0 Å². The number of hydrogen-bond acceptors (Lipinski definition) is 7. The van der Waals surface area contributed by atoms with Crippen LogP contribution in [0.15, 0.2) is 36.9 Å². The number of carbonyl (C=O) groups is 5. The van der Waals surface area contributed by atoms with E-state index in [4.69, 9.17) is 6.42 Å². The third-order valence-corrected chi connectivity index (χ3v) is 13.3. The van der Waals surface area contributed by atoms with Crippen LogP contribution in [0.5, 0.6) is 0 Å². The Labute approximate surface area is 313 Å². The lowest BCUT2D eigenvalue weighted by Crippen LogP contribution is -2.61. The van der Waals surface area contributed by atoms with Gasteiger partial charge in [0.25, 0.3) is 5.91 Å². The quantitative estimate of drug-likeness (QED) is 0.128. The summed E-state index contributed by atoms with van der Waals surface area (Å²) in [5, 5.41) is 11.2. The standard InChI is InChI=1S/C39H54N6O7S/c1-6-8-17-30(34(46)36(48)40-18-7-2)41-35(47)33-29-16-11-15-27(29)23-45(33)37(49)32(28-21-25-13-9-10-14-26(25)22-28)43-38(50)42-31(39(3,4)5)24-44-19-12-20-53(44,51)52/h1,7,9-10,13-14,27-33H,2,8,11-12,15-24H2,3-5H3,(H,40,48)(H,41,47)(H2,42,43,50)/t27-,29-,30?,31+,32-,33-/m0/s1. The van der Waals surface area contributed by atoms with Crippen LogP contribution >= 0.6 is 0 Å². The van der Waals surface area contributed by atoms with Crippen molar-refractivity contribution in [2.45, 2.75) is 96.3 Å². The number of rotatable bonds is 14. The minimum absolute atomic E-state index is 0.0513. The highest BCUT2D eigenvalue weighted by atomic mass is 32.2. The number of terminal acetylenes is 1. The molecule has 5 rings (SSSR count). The zero-order valence-electron chi connectivity index (χ0n) is 31.1. The van der Waals surface area contributed by atoms with E-state index in [1.165, 1.54) is 10.4 Å². The topological polar surface area (TPSA) is 174 Å². The Balaban J connectivity index is 1.40. The van der Waals surface area contributed by atoms with E-state index in [9.17, 15) is 32.4 Å². The number of ketones is 1. The number of carbonyl (C=O) groups excluding carboxylic acids is 5. The van der Waals surface area contributed by atoms with E-state index in [0.717, 1.165) is 30.4 Å². The van der Waals surface area contributed by atoms with Crippen molar-refractivity contribution < 1.29 is 32.4 Å². The van der Waals surface area contributed by atoms with Gasteiger partial charge in [-0.05, 0) is 72.8 Å². The van der Waals surface area contributed by atoms with Gasteiger partial charge in [-0.2, -0.15) is 4.31 Å². The molecule has 2 saturated heterocycles. The van der Waals surface area contributed by atoms with Gasteiger partial charge in [-0.3, -0.25) is 19.2 Å². The Morgan fingerprint density at radius 3 is 2.34 bits per heavy atom. The molecule has 0 aromatic heterocycles. The van der Waals surface area contributed by atoms with Gasteiger partial charge in [-0.1, -0.05) is 57.5 Å². The van der Waals surface area contributed by atoms with Gasteiger partial charge in [-0.25, -0.2) is 13.2 Å². The van der Waals surface area contributed by atoms with Gasteiger partial charge in [0.2, 0.25) is 27.6 Å². The molecule has 2 aliphatic heterocycles. The van der Waals surface area contributed by atoms with Crippen molar-refractivity contribution in [1.29, 1.82) is 0 Å². The van der Waals surface area contributed by atoms with Crippen molar-refractivity contribution in [3.63, 3.8) is 0 Å². The van der Waals surface area contributed by atoms with Gasteiger partial charge in [0.05, 0.1) is 11.8 Å². The van der Waals surface area contributed by atoms with E-state index in [1.54, 1.807) is 4.90 Å². The van der Waals surface area contributed by atoms with E-state index >= 15 is 0 Å². The van der Waals surface area contributed by atoms with E-state index in [-0.39, 0.29) is 49.4 Å². The molecule has 4 aliphatic rings. The van der Waals surface area contributed by atoms with Crippen molar-refractivity contribution >= 4 is 39.6 Å². The molecule has 288 valence electrons. The summed E-state index contributed by atoms with van der Waals surface area (Å²) in [6.07, 6.45) is 11.2. The second kappa shape index (κ2) is 16.8. The molecule has 5 amide bonds. The van der Waals surface area contributed by atoms with Crippen molar-refractivity contribution in [2.75, 3.05) is 31.9 Å². The van der Waals surface area contributed by atoms with E-state index < -0.39 is 69.1 Å². The zero-order valence-corrected chi connectivity index (χ0v) is 31.9. The number of hydrogen-bond donors (Lipinski definition) is 4. The lowest BCUT2D eigenvalue weighted by Gasteiger charge is -2.36. The van der Waals surface area contributed by atoms with Crippen LogP contribution in [-0.4, -0.2) is 103 Å². The zero-order chi connectivity index (χ0) is 38.5. The fourth-order valence-corrected chi connectivity index (χ4v) is 9.93. The van der Waals surface area contributed by atoms with E-state index in [0.29, 0.717) is 32.4 Å². The highest BCUT2D eigenvalue weighted by Crippen LogP contribution is 2.43. The molecule has 0 radical (unpaired) electrons. The number of nitrogens with zero attached hydrogens (tertiary/aromatic N) is 2. The molecule has 1 aromatic carbocycles. The van der Waals surface area contributed by atoms with Crippen LogP contribution < -0.4 is 21.3 Å². The predicted molar refractivity (Wildman–Crippen MR) is 201 cm³/mol. The third-order valence-electron chi connectivity index (χ3n) is 11.3. The molecule has 1 saturated carbocycles. The van der Waals surface area contributed by atoms with Crippen molar-refractivity contribution in [1.82, 2.24) is 30.5 Å². The summed E-state index contributed by atoms with van der Waals surface area (Å²) >= 11 is 0. The molecule has 6 atom stereocenters. The summed E-state index contributed by atoms with van der Waals surface area (Å²) < 4.78 is 26.8. The average Bonchev–Trinajstić information content (AvgIpc) is 3.89. The predicted octanol–water partition coefficient (Wildman–Crippen LogP) is 1.92. The minimum atomic E-state index is -3.41. The largest absolute Gasteiger partial charge is 0.346 e. The molecule has 53 heavy (non-hydrogen) atoms. The van der Waals surface area contributed by atoms with Gasteiger partial charge < -0.3 is 26.2 Å². The summed E-state index contributed by atoms with van der Waals surface area (Å²) in [6, 6.07) is 3.66. The molecule has 0 spiro atoms. The van der Waals surface area contributed by atoms with Gasteiger partial charge in [0.1, 0.15) is 12.1 Å². The fraction of sp³-hybridized carbons (Fsp3) is 0.615. The molecule has 3 fully saturated rings. The maximum atomic E-state index is 14.9. The first-order valence-electron chi connectivity index (χ1n) is 18.7. The molecule has 0 bridgehead atoms. The number of nitrogens with one attached hydrogen (secondary N) is 4. The Hall–Kier alpha value is -4.22. The van der Waals surface area contributed by atoms with Gasteiger partial charge >= 0.3 is 6.03 Å². The molecule has 2 heterocycles. The van der Waals surface area contributed by atoms with Crippen LogP contribution in [-0.2, 0) is 42.0 Å². The smallest absolute Gasteiger partial charge is 0.315 e. The Morgan fingerprint density at radius 1 is 1.04 bits per heavy atom. The molecule has 1 unspecified atom stereocenters. The Kier molecular flexibility index (Phi) is 12.7.